The largest absolute Gasteiger partial charge is 0.455 e. The molecule has 0 atom stereocenters. The molecule has 3 heterocycles. The van der Waals surface area contributed by atoms with Gasteiger partial charge in [0.25, 0.3) is 0 Å². The third-order valence-corrected chi connectivity index (χ3v) is 10.1. The van der Waals surface area contributed by atoms with Crippen molar-refractivity contribution in [2.24, 2.45) is 0 Å². The molecular formula is C47H38N4O. The van der Waals surface area contributed by atoms with Gasteiger partial charge in [0.15, 0.2) is 17.1 Å². The lowest BCUT2D eigenvalue weighted by atomic mass is 9.88. The highest BCUT2D eigenvalue weighted by Crippen LogP contribution is 2.42. The van der Waals surface area contributed by atoms with E-state index in [2.05, 4.69) is 160 Å². The van der Waals surface area contributed by atoms with Crippen LogP contribution in [-0.4, -0.2) is 19.5 Å². The summed E-state index contributed by atoms with van der Waals surface area (Å²) in [6, 6.07) is 47.3. The molecule has 9 rings (SSSR count). The van der Waals surface area contributed by atoms with Gasteiger partial charge in [0, 0.05) is 23.2 Å². The van der Waals surface area contributed by atoms with Gasteiger partial charge in [-0.1, -0.05) is 131 Å². The van der Waals surface area contributed by atoms with Crippen LogP contribution in [0.1, 0.15) is 50.7 Å². The van der Waals surface area contributed by atoms with Gasteiger partial charge in [-0.15, -0.1) is 0 Å². The highest BCUT2D eigenvalue weighted by atomic mass is 16.3. The number of hydrogen-bond donors (Lipinski definition) is 0. The number of rotatable bonds is 7. The zero-order valence-corrected chi connectivity index (χ0v) is 29.7. The minimum absolute atomic E-state index is 0.236. The van der Waals surface area contributed by atoms with Crippen LogP contribution in [0.25, 0.3) is 83.7 Å². The number of para-hydroxylation sites is 1. The van der Waals surface area contributed by atoms with Gasteiger partial charge < -0.3 is 4.42 Å². The maximum absolute atomic E-state index is 6.82. The van der Waals surface area contributed by atoms with Crippen LogP contribution in [0.3, 0.4) is 0 Å². The molecule has 9 aromatic rings. The summed E-state index contributed by atoms with van der Waals surface area (Å²) >= 11 is 0. The van der Waals surface area contributed by atoms with Gasteiger partial charge in [-0.2, -0.15) is 0 Å². The summed E-state index contributed by atoms with van der Waals surface area (Å²) in [5, 5.41) is 2.11. The van der Waals surface area contributed by atoms with Crippen LogP contribution in [0.5, 0.6) is 0 Å². The van der Waals surface area contributed by atoms with Crippen molar-refractivity contribution in [3.8, 4) is 50.5 Å². The van der Waals surface area contributed by atoms with Crippen LogP contribution < -0.4 is 0 Å². The van der Waals surface area contributed by atoms with Gasteiger partial charge in [0.2, 0.25) is 0 Å². The summed E-state index contributed by atoms with van der Waals surface area (Å²) in [6.07, 6.45) is 3.47. The molecule has 0 aliphatic carbocycles. The number of fused-ring (bicyclic) bond motifs is 4. The number of benzene rings is 6. The standard InChI is InChI=1S/C47H38N4O/c1-29(2)40-26-36(32-14-9-6-10-15-32)27-41(30(3)4)43(40)51-46(50-45-47(51)49-25-24-48-45)39-17-11-16-38-37-23-22-35(28-42(37)52-44(38)39)34-20-18-33(19-21-34)31-12-7-5-8-13-31/h5-30H,1-4H3. The van der Waals surface area contributed by atoms with Crippen LogP contribution >= 0.6 is 0 Å². The first-order chi connectivity index (χ1) is 25.4. The Morgan fingerprint density at radius 1 is 0.519 bits per heavy atom. The minimum atomic E-state index is 0.236. The molecular weight excluding hydrogens is 637 g/mol. The Morgan fingerprint density at radius 2 is 1.10 bits per heavy atom. The first kappa shape index (κ1) is 31.6. The topological polar surface area (TPSA) is 56.7 Å². The zero-order chi connectivity index (χ0) is 35.3. The van der Waals surface area contributed by atoms with Gasteiger partial charge in [0.1, 0.15) is 11.2 Å². The average Bonchev–Trinajstić information content (AvgIpc) is 3.76. The van der Waals surface area contributed by atoms with Crippen molar-refractivity contribution in [3.05, 3.63) is 157 Å². The van der Waals surface area contributed by atoms with E-state index in [0.717, 1.165) is 55.8 Å². The van der Waals surface area contributed by atoms with E-state index in [9.17, 15) is 0 Å². The fraction of sp³-hybridized carbons (Fsp3) is 0.128. The third kappa shape index (κ3) is 5.37. The molecule has 0 spiro atoms. The number of hydrogen-bond acceptors (Lipinski definition) is 4. The lowest BCUT2D eigenvalue weighted by molar-refractivity contribution is 0.669. The Bertz CT molecular complexity index is 2690. The van der Waals surface area contributed by atoms with Gasteiger partial charge in [-0.25, -0.2) is 15.0 Å². The maximum atomic E-state index is 6.82. The van der Waals surface area contributed by atoms with E-state index in [-0.39, 0.29) is 11.8 Å². The molecule has 0 amide bonds. The molecule has 3 aromatic heterocycles. The van der Waals surface area contributed by atoms with Crippen molar-refractivity contribution < 1.29 is 4.42 Å². The van der Waals surface area contributed by atoms with Gasteiger partial charge in [-0.3, -0.25) is 4.57 Å². The molecule has 0 saturated carbocycles. The molecule has 52 heavy (non-hydrogen) atoms. The predicted molar refractivity (Wildman–Crippen MR) is 214 cm³/mol. The number of nitrogens with zero attached hydrogens (tertiary/aromatic N) is 4. The highest BCUT2D eigenvalue weighted by molar-refractivity contribution is 6.10. The fourth-order valence-corrected chi connectivity index (χ4v) is 7.46. The van der Waals surface area contributed by atoms with Crippen LogP contribution in [-0.2, 0) is 0 Å². The molecule has 0 fully saturated rings. The molecule has 5 heteroatoms. The molecule has 0 aliphatic rings. The lowest BCUT2D eigenvalue weighted by Gasteiger charge is -2.24. The molecule has 0 aliphatic heterocycles. The van der Waals surface area contributed by atoms with Crippen molar-refractivity contribution in [1.29, 1.82) is 0 Å². The van der Waals surface area contributed by atoms with Crippen molar-refractivity contribution in [1.82, 2.24) is 19.5 Å². The molecule has 0 radical (unpaired) electrons. The van der Waals surface area contributed by atoms with E-state index in [0.29, 0.717) is 5.65 Å². The summed E-state index contributed by atoms with van der Waals surface area (Å²) in [6.45, 7) is 9.04. The summed E-state index contributed by atoms with van der Waals surface area (Å²) < 4.78 is 9.04. The summed E-state index contributed by atoms with van der Waals surface area (Å²) in [5.41, 5.74) is 14.5. The second-order valence-electron chi connectivity index (χ2n) is 14.1. The first-order valence-corrected chi connectivity index (χ1v) is 18.0. The van der Waals surface area contributed by atoms with E-state index < -0.39 is 0 Å². The predicted octanol–water partition coefficient (Wildman–Crippen LogP) is 12.6. The van der Waals surface area contributed by atoms with Crippen LogP contribution in [0.2, 0.25) is 0 Å². The Hall–Kier alpha value is -6.33. The van der Waals surface area contributed by atoms with Crippen molar-refractivity contribution in [2.45, 2.75) is 39.5 Å². The Kier molecular flexibility index (Phi) is 7.77. The van der Waals surface area contributed by atoms with Crippen molar-refractivity contribution in [2.75, 3.05) is 0 Å². The first-order valence-electron chi connectivity index (χ1n) is 18.0. The smallest absolute Gasteiger partial charge is 0.198 e. The van der Waals surface area contributed by atoms with Crippen molar-refractivity contribution >= 4 is 33.2 Å². The molecule has 0 N–H and O–H groups in total. The van der Waals surface area contributed by atoms with Crippen molar-refractivity contribution in [3.63, 3.8) is 0 Å². The van der Waals surface area contributed by atoms with Gasteiger partial charge >= 0.3 is 0 Å². The highest BCUT2D eigenvalue weighted by Gasteiger charge is 2.26. The quantitative estimate of drug-likeness (QED) is 0.169. The van der Waals surface area contributed by atoms with E-state index in [1.54, 1.807) is 12.4 Å². The normalized spacial score (nSPS) is 11.8. The number of aromatic nitrogens is 4. The van der Waals surface area contributed by atoms with E-state index >= 15 is 0 Å². The third-order valence-electron chi connectivity index (χ3n) is 10.1. The molecule has 0 unspecified atom stereocenters. The minimum Gasteiger partial charge on any atom is -0.455 e. The van der Waals surface area contributed by atoms with E-state index in [1.165, 1.54) is 33.4 Å². The molecule has 6 aromatic carbocycles. The Balaban J connectivity index is 1.23. The molecule has 0 bridgehead atoms. The SMILES string of the molecule is CC(C)c1cc(-c2ccccc2)cc(C(C)C)c1-n1c(-c2cccc3c2oc2cc(-c4ccc(-c5ccccc5)cc4)ccc23)nc2nccnc21. The lowest BCUT2D eigenvalue weighted by Crippen LogP contribution is -2.10. The molecule has 0 saturated heterocycles. The Morgan fingerprint density at radius 3 is 1.75 bits per heavy atom. The van der Waals surface area contributed by atoms with Gasteiger partial charge in [-0.05, 0) is 86.7 Å². The monoisotopic (exact) mass is 674 g/mol. The fourth-order valence-electron chi connectivity index (χ4n) is 7.46. The summed E-state index contributed by atoms with van der Waals surface area (Å²) in [4.78, 5) is 14.8. The second kappa shape index (κ2) is 12.8. The summed E-state index contributed by atoms with van der Waals surface area (Å²) in [5.74, 6) is 1.24. The maximum Gasteiger partial charge on any atom is 0.198 e. The second-order valence-corrected chi connectivity index (χ2v) is 14.1. The number of furan rings is 1. The molecule has 252 valence electrons. The number of imidazole rings is 1. The van der Waals surface area contributed by atoms with Crippen LogP contribution in [0.4, 0.5) is 0 Å². The molecule has 5 nitrogen and oxygen atoms in total. The van der Waals surface area contributed by atoms with Crippen LogP contribution in [0.15, 0.2) is 150 Å². The average molecular weight is 675 g/mol. The van der Waals surface area contributed by atoms with E-state index in [4.69, 9.17) is 19.4 Å². The van der Waals surface area contributed by atoms with Crippen LogP contribution in [0, 0.1) is 0 Å². The summed E-state index contributed by atoms with van der Waals surface area (Å²) in [7, 11) is 0. The zero-order valence-electron chi connectivity index (χ0n) is 29.7. The Labute approximate surface area is 303 Å². The van der Waals surface area contributed by atoms with E-state index in [1.807, 2.05) is 6.07 Å². The van der Waals surface area contributed by atoms with Gasteiger partial charge in [0.05, 0.1) is 11.3 Å².